The third kappa shape index (κ3) is 7.27. The third-order valence-corrected chi connectivity index (χ3v) is 6.59. The van der Waals surface area contributed by atoms with Crippen LogP contribution in [0.5, 0.6) is 0 Å². The Labute approximate surface area is 213 Å². The van der Waals surface area contributed by atoms with E-state index in [0.717, 1.165) is 11.8 Å². The lowest BCUT2D eigenvalue weighted by Gasteiger charge is -2.40. The maximum absolute atomic E-state index is 12.5. The van der Waals surface area contributed by atoms with Crippen molar-refractivity contribution in [3.05, 3.63) is 70.2 Å². The third-order valence-electron chi connectivity index (χ3n) is 6.24. The number of hydrogen-bond acceptors (Lipinski definition) is 6. The molecule has 0 bridgehead atoms. The number of aliphatic hydroxyl groups is 1. The molecular weight excluding hydrogens is 466 g/mol. The molecule has 1 heterocycles. The van der Waals surface area contributed by atoms with Gasteiger partial charge in [0.25, 0.3) is 0 Å². The maximum Gasteiger partial charge on any atom is 0.410 e. The van der Waals surface area contributed by atoms with Crippen molar-refractivity contribution in [2.45, 2.75) is 45.1 Å². The van der Waals surface area contributed by atoms with E-state index in [1.165, 1.54) is 0 Å². The molecule has 190 valence electrons. The fourth-order valence-corrected chi connectivity index (χ4v) is 4.62. The lowest BCUT2D eigenvalue weighted by Crippen LogP contribution is -2.51. The van der Waals surface area contributed by atoms with E-state index < -0.39 is 11.8 Å². The van der Waals surface area contributed by atoms with Gasteiger partial charge in [-0.25, -0.2) is 4.79 Å². The predicted octanol–water partition coefficient (Wildman–Crippen LogP) is 4.76. The molecule has 0 radical (unpaired) electrons. The second-order valence-electron chi connectivity index (χ2n) is 9.93. The first kappa shape index (κ1) is 27.1. The Bertz CT molecular complexity index is 1000. The van der Waals surface area contributed by atoms with E-state index in [2.05, 4.69) is 4.90 Å². The molecule has 0 aliphatic carbocycles. The Morgan fingerprint density at radius 1 is 1.09 bits per heavy atom. The molecule has 2 atom stereocenters. The minimum Gasteiger partial charge on any atom is -0.444 e. The lowest BCUT2D eigenvalue weighted by atomic mass is 10.00. The van der Waals surface area contributed by atoms with Gasteiger partial charge >= 0.3 is 6.09 Å². The molecule has 7 nitrogen and oxygen atoms in total. The summed E-state index contributed by atoms with van der Waals surface area (Å²) in [4.78, 5) is 29.8. The first-order chi connectivity index (χ1) is 16.6. The smallest absolute Gasteiger partial charge is 0.410 e. The van der Waals surface area contributed by atoms with E-state index in [-0.39, 0.29) is 12.1 Å². The summed E-state index contributed by atoms with van der Waals surface area (Å²) in [7, 11) is 1.84. The maximum atomic E-state index is 12.5. The summed E-state index contributed by atoms with van der Waals surface area (Å²) in [5.74, 6) is 0. The molecule has 35 heavy (non-hydrogen) atoms. The van der Waals surface area contributed by atoms with Crippen molar-refractivity contribution < 1.29 is 19.4 Å². The zero-order chi connectivity index (χ0) is 25.6. The van der Waals surface area contributed by atoms with Crippen molar-refractivity contribution in [2.24, 2.45) is 0 Å². The topological polar surface area (TPSA) is 73.3 Å². The van der Waals surface area contributed by atoms with Gasteiger partial charge in [0.2, 0.25) is 0 Å². The van der Waals surface area contributed by atoms with Crippen LogP contribution in [0.4, 0.5) is 4.79 Å². The molecule has 3 rings (SSSR count). The largest absolute Gasteiger partial charge is 0.444 e. The second-order valence-corrected chi connectivity index (χ2v) is 10.3. The monoisotopic (exact) mass is 501 g/mol. The molecule has 1 aliphatic heterocycles. The molecule has 1 amide bonds. The van der Waals surface area contributed by atoms with Crippen LogP contribution in [-0.2, 0) is 4.74 Å². The van der Waals surface area contributed by atoms with E-state index in [1.54, 1.807) is 23.1 Å². The summed E-state index contributed by atoms with van der Waals surface area (Å²) in [5.41, 5.74) is 1.57. The zero-order valence-corrected chi connectivity index (χ0v) is 21.7. The first-order valence-electron chi connectivity index (χ1n) is 12.0. The van der Waals surface area contributed by atoms with Crippen LogP contribution in [0.1, 0.15) is 60.9 Å². The number of aldehydes is 1. The Morgan fingerprint density at radius 3 is 2.29 bits per heavy atom. The summed E-state index contributed by atoms with van der Waals surface area (Å²) in [6.45, 7) is 8.70. The van der Waals surface area contributed by atoms with Gasteiger partial charge in [0.1, 0.15) is 18.1 Å². The molecule has 1 N–H and O–H groups in total. The van der Waals surface area contributed by atoms with Gasteiger partial charge in [-0.2, -0.15) is 0 Å². The van der Waals surface area contributed by atoms with Crippen LogP contribution in [-0.4, -0.2) is 77.6 Å². The summed E-state index contributed by atoms with van der Waals surface area (Å²) < 4.78 is 5.53. The van der Waals surface area contributed by atoms with Gasteiger partial charge in [-0.15, -0.1) is 0 Å². The number of carbonyl (C=O) groups excluding carboxylic acids is 2. The van der Waals surface area contributed by atoms with E-state index >= 15 is 0 Å². The van der Waals surface area contributed by atoms with E-state index in [4.69, 9.17) is 16.3 Å². The van der Waals surface area contributed by atoms with E-state index in [9.17, 15) is 14.7 Å². The average molecular weight is 502 g/mol. The molecular formula is C27H36ClN3O4. The molecule has 8 heteroatoms. The highest BCUT2D eigenvalue weighted by Gasteiger charge is 2.31. The van der Waals surface area contributed by atoms with Gasteiger partial charge < -0.3 is 14.7 Å². The Hall–Kier alpha value is -2.45. The number of nitrogens with zero attached hydrogens (tertiary/aromatic N) is 3. The van der Waals surface area contributed by atoms with E-state index in [1.807, 2.05) is 63.1 Å². The van der Waals surface area contributed by atoms with Gasteiger partial charge in [-0.3, -0.25) is 14.6 Å². The number of hydrogen-bond donors (Lipinski definition) is 1. The number of carbonyl (C=O) groups is 2. The Balaban J connectivity index is 1.70. The molecule has 0 saturated carbocycles. The van der Waals surface area contributed by atoms with Crippen molar-refractivity contribution in [1.82, 2.24) is 14.7 Å². The molecule has 1 saturated heterocycles. The molecule has 2 unspecified atom stereocenters. The number of benzene rings is 2. The number of amides is 1. The van der Waals surface area contributed by atoms with Crippen molar-refractivity contribution in [3.8, 4) is 0 Å². The number of piperazine rings is 1. The highest BCUT2D eigenvalue weighted by atomic mass is 35.5. The second kappa shape index (κ2) is 12.0. The first-order valence-corrected chi connectivity index (χ1v) is 12.4. The highest BCUT2D eigenvalue weighted by Crippen LogP contribution is 2.32. The van der Waals surface area contributed by atoms with Crippen LogP contribution in [0.2, 0.25) is 5.02 Å². The molecule has 0 aromatic heterocycles. The molecule has 1 fully saturated rings. The van der Waals surface area contributed by atoms with Crippen LogP contribution >= 0.6 is 11.6 Å². The van der Waals surface area contributed by atoms with Crippen LogP contribution in [0.15, 0.2) is 48.5 Å². The summed E-state index contributed by atoms with van der Waals surface area (Å²) >= 11 is 6.59. The van der Waals surface area contributed by atoms with Crippen LogP contribution in [0, 0.1) is 0 Å². The van der Waals surface area contributed by atoms with Gasteiger partial charge in [-0.1, -0.05) is 54.1 Å². The molecule has 0 spiro atoms. The van der Waals surface area contributed by atoms with Crippen molar-refractivity contribution in [1.29, 1.82) is 0 Å². The minimum atomic E-state index is -0.896. The number of ether oxygens (including phenoxy) is 1. The van der Waals surface area contributed by atoms with Gasteiger partial charge in [0.15, 0.2) is 0 Å². The Kier molecular flexibility index (Phi) is 9.30. The van der Waals surface area contributed by atoms with Crippen LogP contribution in [0.3, 0.4) is 0 Å². The quantitative estimate of drug-likeness (QED) is 0.415. The fraction of sp³-hybridized carbons (Fsp3) is 0.481. The molecule has 2 aromatic rings. The van der Waals surface area contributed by atoms with Gasteiger partial charge in [-0.05, 0) is 45.9 Å². The summed E-state index contributed by atoms with van der Waals surface area (Å²) in [6, 6.07) is 14.9. The normalized spacial score (nSPS) is 16.7. The van der Waals surface area contributed by atoms with Crippen LogP contribution < -0.4 is 0 Å². The van der Waals surface area contributed by atoms with Crippen molar-refractivity contribution in [3.63, 3.8) is 0 Å². The number of halogens is 1. The standard InChI is InChI=1S/C27H36ClN3O4/c1-27(2,3)35-26(34)31-17-15-30(16-18-31)24(22-11-7-8-12-23(22)28)13-14-29(4)25(33)21-10-6-5-9-20(21)19-32/h5-12,19,24-25,33H,13-18H2,1-4H3. The van der Waals surface area contributed by atoms with Crippen LogP contribution in [0.25, 0.3) is 0 Å². The fourth-order valence-electron chi connectivity index (χ4n) is 4.36. The Morgan fingerprint density at radius 2 is 1.69 bits per heavy atom. The number of rotatable bonds is 8. The lowest BCUT2D eigenvalue weighted by molar-refractivity contribution is 0.00155. The summed E-state index contributed by atoms with van der Waals surface area (Å²) in [6.07, 6.45) is 0.297. The molecule has 2 aromatic carbocycles. The van der Waals surface area contributed by atoms with E-state index in [0.29, 0.717) is 55.3 Å². The highest BCUT2D eigenvalue weighted by molar-refractivity contribution is 6.31. The average Bonchev–Trinajstić information content (AvgIpc) is 2.83. The van der Waals surface area contributed by atoms with Crippen molar-refractivity contribution in [2.75, 3.05) is 39.8 Å². The van der Waals surface area contributed by atoms with Gasteiger partial charge in [0.05, 0.1) is 0 Å². The van der Waals surface area contributed by atoms with Crippen molar-refractivity contribution >= 4 is 24.0 Å². The minimum absolute atomic E-state index is 0.0143. The zero-order valence-electron chi connectivity index (χ0n) is 21.0. The molecule has 1 aliphatic rings. The number of aliphatic hydroxyl groups excluding tert-OH is 1. The summed E-state index contributed by atoms with van der Waals surface area (Å²) in [5, 5.41) is 11.6. The SMILES string of the molecule is CN(CCC(c1ccccc1Cl)N1CCN(C(=O)OC(C)(C)C)CC1)C(O)c1ccccc1C=O. The predicted molar refractivity (Wildman–Crippen MR) is 138 cm³/mol. The van der Waals surface area contributed by atoms with Gasteiger partial charge in [0, 0.05) is 54.9 Å².